The Morgan fingerprint density at radius 2 is 1.31 bits per heavy atom. The third-order valence-corrected chi connectivity index (χ3v) is 4.30. The van der Waals surface area contributed by atoms with E-state index in [4.69, 9.17) is 0 Å². The van der Waals surface area contributed by atoms with Gasteiger partial charge in [0.25, 0.3) is 0 Å². The predicted molar refractivity (Wildman–Crippen MR) is 58.3 cm³/mol. The number of aliphatic imine (C=N–C) groups is 2. The number of carbonyl (C=O) groups excluding carboxylic acids is 2. The first kappa shape index (κ1) is 11.3. The highest BCUT2D eigenvalue weighted by Gasteiger charge is 2.55. The molecule has 4 heteroatoms. The van der Waals surface area contributed by atoms with Crippen LogP contribution in [0.25, 0.3) is 0 Å². The Morgan fingerprint density at radius 1 is 0.750 bits per heavy atom. The summed E-state index contributed by atoms with van der Waals surface area (Å²) in [5.74, 6) is 0. The minimum absolute atomic E-state index is 0.0694. The van der Waals surface area contributed by atoms with Crippen molar-refractivity contribution >= 4 is 12.2 Å². The maximum absolute atomic E-state index is 10.6. The quantitative estimate of drug-likeness (QED) is 0.530. The van der Waals surface area contributed by atoms with Gasteiger partial charge in [-0.3, -0.25) is 0 Å². The zero-order valence-corrected chi connectivity index (χ0v) is 9.37. The molecule has 0 aromatic carbocycles. The third kappa shape index (κ3) is 1.55. The van der Waals surface area contributed by atoms with Gasteiger partial charge >= 0.3 is 0 Å². The van der Waals surface area contributed by atoms with Crippen LogP contribution in [0.4, 0.5) is 0 Å². The van der Waals surface area contributed by atoms with Crippen molar-refractivity contribution in [3.63, 3.8) is 0 Å². The molecule has 2 aliphatic carbocycles. The van der Waals surface area contributed by atoms with Crippen LogP contribution in [0.3, 0.4) is 0 Å². The average molecular weight is 220 g/mol. The highest BCUT2D eigenvalue weighted by Crippen LogP contribution is 2.57. The molecule has 0 aliphatic heterocycles. The van der Waals surface area contributed by atoms with Gasteiger partial charge in [0, 0.05) is 5.41 Å². The molecule has 0 unspecified atom stereocenters. The van der Waals surface area contributed by atoms with E-state index in [1.165, 1.54) is 6.42 Å². The summed E-state index contributed by atoms with van der Waals surface area (Å²) in [6.45, 7) is 0. The molecule has 1 spiro atoms. The van der Waals surface area contributed by atoms with Gasteiger partial charge in [-0.15, -0.1) is 0 Å². The molecule has 16 heavy (non-hydrogen) atoms. The largest absolute Gasteiger partial charge is 0.237 e. The molecular formula is C12H16N2O2. The summed E-state index contributed by atoms with van der Waals surface area (Å²) in [6, 6.07) is 0. The van der Waals surface area contributed by atoms with Crippen molar-refractivity contribution in [1.82, 2.24) is 0 Å². The van der Waals surface area contributed by atoms with Gasteiger partial charge in [-0.1, -0.05) is 19.3 Å². The minimum atomic E-state index is -0.836. The number of rotatable bonds is 2. The number of isocyanates is 2. The van der Waals surface area contributed by atoms with Gasteiger partial charge in [-0.05, 0) is 32.1 Å². The number of hydrogen-bond donors (Lipinski definition) is 0. The molecule has 0 amide bonds. The Balaban J connectivity index is 2.41. The fraction of sp³-hybridized carbons (Fsp3) is 0.833. The Bertz CT molecular complexity index is 341. The molecule has 0 N–H and O–H groups in total. The normalized spacial score (nSPS) is 31.8. The van der Waals surface area contributed by atoms with Crippen molar-refractivity contribution in [2.24, 2.45) is 15.4 Å². The zero-order valence-electron chi connectivity index (χ0n) is 9.37. The van der Waals surface area contributed by atoms with Gasteiger partial charge in [-0.2, -0.15) is 9.98 Å². The van der Waals surface area contributed by atoms with E-state index in [2.05, 4.69) is 9.98 Å². The van der Waals surface area contributed by atoms with E-state index in [0.29, 0.717) is 6.42 Å². The highest BCUT2D eigenvalue weighted by molar-refractivity contribution is 5.41. The van der Waals surface area contributed by atoms with Crippen LogP contribution in [0, 0.1) is 5.41 Å². The summed E-state index contributed by atoms with van der Waals surface area (Å²) >= 11 is 0. The van der Waals surface area contributed by atoms with Crippen molar-refractivity contribution in [2.75, 3.05) is 0 Å². The van der Waals surface area contributed by atoms with Crippen LogP contribution in [0.1, 0.15) is 51.4 Å². The van der Waals surface area contributed by atoms with E-state index in [1.807, 2.05) is 0 Å². The number of hydrogen-bond acceptors (Lipinski definition) is 4. The zero-order chi connectivity index (χ0) is 11.5. The second-order valence-corrected chi connectivity index (χ2v) is 4.92. The Hall–Kier alpha value is -1.24. The molecule has 0 saturated heterocycles. The van der Waals surface area contributed by atoms with Crippen LogP contribution in [-0.2, 0) is 9.59 Å². The maximum Gasteiger partial charge on any atom is 0.237 e. The molecule has 2 fully saturated rings. The lowest BCUT2D eigenvalue weighted by Gasteiger charge is -2.41. The van der Waals surface area contributed by atoms with Crippen molar-refractivity contribution in [2.45, 2.75) is 57.0 Å². The van der Waals surface area contributed by atoms with E-state index in [-0.39, 0.29) is 5.41 Å². The van der Waals surface area contributed by atoms with Crippen LogP contribution in [0.2, 0.25) is 0 Å². The van der Waals surface area contributed by atoms with Crippen LogP contribution in [-0.4, -0.2) is 17.8 Å². The molecule has 2 saturated carbocycles. The SMILES string of the molecule is O=C=NC1(N=C=O)CCCC12CCCCC2. The third-order valence-electron chi connectivity index (χ3n) is 4.30. The van der Waals surface area contributed by atoms with E-state index in [1.54, 1.807) is 12.2 Å². The summed E-state index contributed by atoms with van der Waals surface area (Å²) in [7, 11) is 0. The topological polar surface area (TPSA) is 58.9 Å². The standard InChI is InChI=1S/C12H16N2O2/c15-9-13-12(14-10-16)8-4-7-11(12)5-2-1-3-6-11/h1-8H2. The molecular weight excluding hydrogens is 204 g/mol. The first-order valence-electron chi connectivity index (χ1n) is 5.97. The van der Waals surface area contributed by atoms with Crippen LogP contribution >= 0.6 is 0 Å². The highest BCUT2D eigenvalue weighted by atomic mass is 16.1. The molecule has 0 aromatic heterocycles. The van der Waals surface area contributed by atoms with Gasteiger partial charge in [0.2, 0.25) is 12.2 Å². The minimum Gasteiger partial charge on any atom is -0.211 e. The summed E-state index contributed by atoms with van der Waals surface area (Å²) in [5, 5.41) is 0. The fourth-order valence-electron chi connectivity index (χ4n) is 3.54. The second-order valence-electron chi connectivity index (χ2n) is 4.92. The average Bonchev–Trinajstić information content (AvgIpc) is 2.60. The maximum atomic E-state index is 10.6. The molecule has 0 radical (unpaired) electrons. The Morgan fingerprint density at radius 3 is 1.88 bits per heavy atom. The smallest absolute Gasteiger partial charge is 0.211 e. The van der Waals surface area contributed by atoms with E-state index in [0.717, 1.165) is 38.5 Å². The molecule has 0 bridgehead atoms. The Labute approximate surface area is 94.9 Å². The van der Waals surface area contributed by atoms with Crippen LogP contribution in [0.15, 0.2) is 9.98 Å². The van der Waals surface area contributed by atoms with Gasteiger partial charge in [0.1, 0.15) is 0 Å². The van der Waals surface area contributed by atoms with E-state index < -0.39 is 5.66 Å². The first-order chi connectivity index (χ1) is 7.79. The summed E-state index contributed by atoms with van der Waals surface area (Å²) in [5.41, 5.74) is -0.906. The van der Waals surface area contributed by atoms with Gasteiger partial charge in [0.05, 0.1) is 0 Å². The molecule has 0 aromatic rings. The lowest BCUT2D eigenvalue weighted by Crippen LogP contribution is -2.42. The van der Waals surface area contributed by atoms with Gasteiger partial charge < -0.3 is 0 Å². The molecule has 2 rings (SSSR count). The van der Waals surface area contributed by atoms with Crippen molar-refractivity contribution < 1.29 is 9.59 Å². The molecule has 86 valence electrons. The van der Waals surface area contributed by atoms with Crippen LogP contribution < -0.4 is 0 Å². The summed E-state index contributed by atoms with van der Waals surface area (Å²) < 4.78 is 0. The lowest BCUT2D eigenvalue weighted by atomic mass is 9.67. The van der Waals surface area contributed by atoms with Crippen molar-refractivity contribution in [3.8, 4) is 0 Å². The molecule has 0 atom stereocenters. The molecule has 2 aliphatic rings. The van der Waals surface area contributed by atoms with Gasteiger partial charge in [0.15, 0.2) is 5.66 Å². The predicted octanol–water partition coefficient (Wildman–Crippen LogP) is 2.49. The fourth-order valence-corrected chi connectivity index (χ4v) is 3.54. The molecule has 4 nitrogen and oxygen atoms in total. The van der Waals surface area contributed by atoms with E-state index >= 15 is 0 Å². The van der Waals surface area contributed by atoms with Crippen LogP contribution in [0.5, 0.6) is 0 Å². The van der Waals surface area contributed by atoms with Gasteiger partial charge in [-0.25, -0.2) is 9.59 Å². The van der Waals surface area contributed by atoms with Crippen molar-refractivity contribution in [1.29, 1.82) is 0 Å². The Kier molecular flexibility index (Phi) is 3.04. The number of nitrogens with zero attached hydrogens (tertiary/aromatic N) is 2. The van der Waals surface area contributed by atoms with E-state index in [9.17, 15) is 9.59 Å². The second kappa shape index (κ2) is 4.32. The van der Waals surface area contributed by atoms with Crippen molar-refractivity contribution in [3.05, 3.63) is 0 Å². The lowest BCUT2D eigenvalue weighted by molar-refractivity contribution is 0.106. The summed E-state index contributed by atoms with van der Waals surface area (Å²) in [4.78, 5) is 28.9. The molecule has 0 heterocycles. The monoisotopic (exact) mass is 220 g/mol. The summed E-state index contributed by atoms with van der Waals surface area (Å²) in [6.07, 6.45) is 11.5. The first-order valence-corrected chi connectivity index (χ1v) is 5.97.